The predicted octanol–water partition coefficient (Wildman–Crippen LogP) is 4.72. The third kappa shape index (κ3) is 5.23. The van der Waals surface area contributed by atoms with Crippen LogP contribution >= 0.6 is 0 Å². The van der Waals surface area contributed by atoms with Gasteiger partial charge in [-0.3, -0.25) is 4.79 Å². The van der Waals surface area contributed by atoms with Gasteiger partial charge in [0, 0.05) is 5.56 Å². The average molecular weight is 356 g/mol. The molecule has 3 nitrogen and oxygen atoms in total. The number of benzene rings is 3. The summed E-state index contributed by atoms with van der Waals surface area (Å²) in [7, 11) is 0. The monoisotopic (exact) mass is 356 g/mol. The minimum atomic E-state index is -0.831. The Morgan fingerprint density at radius 2 is 1.74 bits per heavy atom. The lowest BCUT2D eigenvalue weighted by Crippen LogP contribution is -1.99. The third-order valence-electron chi connectivity index (χ3n) is 4.15. The molecule has 0 aromatic heterocycles. The molecular formula is C24H20O3. The third-order valence-corrected chi connectivity index (χ3v) is 4.15. The number of ether oxygens (including phenoxy) is 1. The summed E-state index contributed by atoms with van der Waals surface area (Å²) < 4.78 is 5.68. The van der Waals surface area contributed by atoms with E-state index in [-0.39, 0.29) is 6.42 Å². The lowest BCUT2D eigenvalue weighted by molar-refractivity contribution is -0.136. The quantitative estimate of drug-likeness (QED) is 0.673. The summed E-state index contributed by atoms with van der Waals surface area (Å²) in [6.07, 6.45) is 0.0224. The van der Waals surface area contributed by atoms with Crippen LogP contribution in [0.2, 0.25) is 0 Å². The topological polar surface area (TPSA) is 46.5 Å². The van der Waals surface area contributed by atoms with E-state index >= 15 is 0 Å². The van der Waals surface area contributed by atoms with Crippen LogP contribution in [0.3, 0.4) is 0 Å². The first kappa shape index (κ1) is 18.3. The Bertz CT molecular complexity index is 992. The molecule has 134 valence electrons. The minimum Gasteiger partial charge on any atom is -0.481 e. The first-order valence-electron chi connectivity index (χ1n) is 8.70. The van der Waals surface area contributed by atoms with E-state index in [1.165, 1.54) is 0 Å². The summed E-state index contributed by atoms with van der Waals surface area (Å²) in [4.78, 5) is 10.9. The molecule has 0 amide bonds. The van der Waals surface area contributed by atoms with E-state index in [4.69, 9.17) is 9.84 Å². The second-order valence-corrected chi connectivity index (χ2v) is 6.20. The first-order valence-corrected chi connectivity index (χ1v) is 8.70. The van der Waals surface area contributed by atoms with E-state index < -0.39 is 5.97 Å². The van der Waals surface area contributed by atoms with E-state index in [0.717, 1.165) is 33.6 Å². The molecule has 1 N–H and O–H groups in total. The van der Waals surface area contributed by atoms with Gasteiger partial charge in [0.05, 0.1) is 6.42 Å². The summed E-state index contributed by atoms with van der Waals surface area (Å²) in [5.74, 6) is 6.07. The van der Waals surface area contributed by atoms with Gasteiger partial charge in [0.25, 0.3) is 0 Å². The Kier molecular flexibility index (Phi) is 5.91. The molecule has 3 aromatic rings. The van der Waals surface area contributed by atoms with Gasteiger partial charge in [0.15, 0.2) is 0 Å². The standard InChI is InChI=1S/C24H20O3/c1-18-6-2-3-8-20(18)10-5-15-27-23-13-11-21(12-14-23)22-9-4-7-19(16-22)17-24(25)26/h2-4,6-9,11-14,16H,15,17H2,1H3,(H,25,26). The van der Waals surface area contributed by atoms with Crippen LogP contribution < -0.4 is 4.74 Å². The van der Waals surface area contributed by atoms with E-state index in [0.29, 0.717) is 6.61 Å². The van der Waals surface area contributed by atoms with Crippen molar-refractivity contribution in [2.75, 3.05) is 6.61 Å². The van der Waals surface area contributed by atoms with Crippen molar-refractivity contribution in [2.45, 2.75) is 13.3 Å². The number of carboxylic acids is 1. The minimum absolute atomic E-state index is 0.0224. The average Bonchev–Trinajstić information content (AvgIpc) is 2.67. The Labute approximate surface area is 159 Å². The Morgan fingerprint density at radius 3 is 2.48 bits per heavy atom. The number of hydrogen-bond acceptors (Lipinski definition) is 2. The van der Waals surface area contributed by atoms with Gasteiger partial charge in [-0.15, -0.1) is 0 Å². The second-order valence-electron chi connectivity index (χ2n) is 6.20. The van der Waals surface area contributed by atoms with Gasteiger partial charge >= 0.3 is 5.97 Å². The molecule has 3 rings (SSSR count). The number of rotatable bonds is 5. The van der Waals surface area contributed by atoms with Gasteiger partial charge in [-0.05, 0) is 47.4 Å². The fraction of sp³-hybridized carbons (Fsp3) is 0.125. The zero-order chi connectivity index (χ0) is 19.1. The molecule has 0 saturated heterocycles. The van der Waals surface area contributed by atoms with E-state index in [1.54, 1.807) is 0 Å². The van der Waals surface area contributed by atoms with Crippen LogP contribution in [0.15, 0.2) is 72.8 Å². The molecule has 3 aromatic carbocycles. The summed E-state index contributed by atoms with van der Waals surface area (Å²) >= 11 is 0. The summed E-state index contributed by atoms with van der Waals surface area (Å²) in [6, 6.07) is 23.3. The molecule has 0 saturated carbocycles. The molecule has 0 aliphatic heterocycles. The molecule has 0 heterocycles. The maximum atomic E-state index is 10.9. The number of aryl methyl sites for hydroxylation is 1. The van der Waals surface area contributed by atoms with Crippen molar-refractivity contribution in [3.63, 3.8) is 0 Å². The molecule has 3 heteroatoms. The lowest BCUT2D eigenvalue weighted by Gasteiger charge is -2.06. The number of carboxylic acid groups (broad SMARTS) is 1. The molecule has 0 radical (unpaired) electrons. The summed E-state index contributed by atoms with van der Waals surface area (Å²) in [5.41, 5.74) is 4.95. The van der Waals surface area contributed by atoms with Crippen molar-refractivity contribution in [3.05, 3.63) is 89.5 Å². The van der Waals surface area contributed by atoms with Crippen LogP contribution in [0.5, 0.6) is 5.75 Å². The van der Waals surface area contributed by atoms with Gasteiger partial charge < -0.3 is 9.84 Å². The first-order chi connectivity index (χ1) is 13.1. The predicted molar refractivity (Wildman–Crippen MR) is 107 cm³/mol. The number of carbonyl (C=O) groups is 1. The van der Waals surface area contributed by atoms with Crippen molar-refractivity contribution in [3.8, 4) is 28.7 Å². The lowest BCUT2D eigenvalue weighted by atomic mass is 10.0. The van der Waals surface area contributed by atoms with Crippen LogP contribution in [-0.2, 0) is 11.2 Å². The van der Waals surface area contributed by atoms with Crippen LogP contribution in [0.25, 0.3) is 11.1 Å². The number of aliphatic carboxylic acids is 1. The van der Waals surface area contributed by atoms with Crippen LogP contribution in [0.4, 0.5) is 0 Å². The highest BCUT2D eigenvalue weighted by atomic mass is 16.5. The maximum absolute atomic E-state index is 10.9. The smallest absolute Gasteiger partial charge is 0.307 e. The van der Waals surface area contributed by atoms with Crippen molar-refractivity contribution in [1.82, 2.24) is 0 Å². The second kappa shape index (κ2) is 8.73. The molecule has 27 heavy (non-hydrogen) atoms. The Morgan fingerprint density at radius 1 is 0.963 bits per heavy atom. The highest BCUT2D eigenvalue weighted by Crippen LogP contribution is 2.23. The largest absolute Gasteiger partial charge is 0.481 e. The van der Waals surface area contributed by atoms with Crippen LogP contribution in [-0.4, -0.2) is 17.7 Å². The SMILES string of the molecule is Cc1ccccc1C#CCOc1ccc(-c2cccc(CC(=O)O)c2)cc1. The van der Waals surface area contributed by atoms with Crippen molar-refractivity contribution in [2.24, 2.45) is 0 Å². The van der Waals surface area contributed by atoms with Gasteiger partial charge in [-0.2, -0.15) is 0 Å². The molecule has 0 spiro atoms. The molecule has 0 aliphatic rings. The van der Waals surface area contributed by atoms with Gasteiger partial charge in [-0.1, -0.05) is 66.4 Å². The summed E-state index contributed by atoms with van der Waals surface area (Å²) in [6.45, 7) is 2.36. The Balaban J connectivity index is 1.63. The Hall–Kier alpha value is -3.51. The molecule has 0 aliphatic carbocycles. The van der Waals surface area contributed by atoms with Crippen molar-refractivity contribution < 1.29 is 14.6 Å². The zero-order valence-electron chi connectivity index (χ0n) is 15.1. The fourth-order valence-electron chi connectivity index (χ4n) is 2.74. The van der Waals surface area contributed by atoms with Crippen molar-refractivity contribution in [1.29, 1.82) is 0 Å². The van der Waals surface area contributed by atoms with E-state index in [1.807, 2.05) is 79.7 Å². The van der Waals surface area contributed by atoms with Crippen molar-refractivity contribution >= 4 is 5.97 Å². The van der Waals surface area contributed by atoms with Crippen LogP contribution in [0.1, 0.15) is 16.7 Å². The van der Waals surface area contributed by atoms with Gasteiger partial charge in [-0.25, -0.2) is 0 Å². The van der Waals surface area contributed by atoms with Gasteiger partial charge in [0.1, 0.15) is 12.4 Å². The molecule has 0 fully saturated rings. The molecule has 0 bridgehead atoms. The molecule has 0 unspecified atom stereocenters. The zero-order valence-corrected chi connectivity index (χ0v) is 15.1. The van der Waals surface area contributed by atoms with E-state index in [9.17, 15) is 4.79 Å². The number of hydrogen-bond donors (Lipinski definition) is 1. The maximum Gasteiger partial charge on any atom is 0.307 e. The molecule has 0 atom stereocenters. The van der Waals surface area contributed by atoms with Gasteiger partial charge in [0.2, 0.25) is 0 Å². The molecular weight excluding hydrogens is 336 g/mol. The summed E-state index contributed by atoms with van der Waals surface area (Å²) in [5, 5.41) is 8.93. The fourth-order valence-corrected chi connectivity index (χ4v) is 2.74. The highest BCUT2D eigenvalue weighted by molar-refractivity contribution is 5.72. The van der Waals surface area contributed by atoms with Crippen LogP contribution in [0, 0.1) is 18.8 Å². The normalized spacial score (nSPS) is 9.96. The van der Waals surface area contributed by atoms with E-state index in [2.05, 4.69) is 11.8 Å². The highest BCUT2D eigenvalue weighted by Gasteiger charge is 2.03.